The third-order valence-electron chi connectivity index (χ3n) is 2.07. The van der Waals surface area contributed by atoms with E-state index in [-0.39, 0.29) is 11.8 Å². The van der Waals surface area contributed by atoms with Gasteiger partial charge in [0, 0.05) is 18.0 Å². The van der Waals surface area contributed by atoms with Crippen molar-refractivity contribution in [2.24, 2.45) is 11.7 Å². The van der Waals surface area contributed by atoms with Crippen molar-refractivity contribution in [2.75, 3.05) is 0 Å². The van der Waals surface area contributed by atoms with Gasteiger partial charge in [-0.2, -0.15) is 0 Å². The smallest absolute Gasteiger partial charge is 0.321 e. The minimum Gasteiger partial charge on any atom is -0.480 e. The van der Waals surface area contributed by atoms with Crippen molar-refractivity contribution in [3.8, 4) is 0 Å². The van der Waals surface area contributed by atoms with Gasteiger partial charge in [-0.25, -0.2) is 0 Å². The number of hydrogen-bond donors (Lipinski definition) is 2. The van der Waals surface area contributed by atoms with Crippen LogP contribution >= 0.6 is 0 Å². The van der Waals surface area contributed by atoms with E-state index in [1.807, 2.05) is 0 Å². The number of hydrogen-bond acceptors (Lipinski definition) is 5. The number of carboxylic acids is 1. The summed E-state index contributed by atoms with van der Waals surface area (Å²) < 4.78 is 0. The minimum atomic E-state index is -1.54. The number of carboxylic acid groups (broad SMARTS) is 1. The number of carbonyl (C=O) groups excluding carboxylic acids is 2. The molecule has 84 valence electrons. The maximum Gasteiger partial charge on any atom is 0.321 e. The Hall–Kier alpha value is -2.08. The largest absolute Gasteiger partial charge is 0.480 e. The summed E-state index contributed by atoms with van der Waals surface area (Å²) in [6, 6.07) is 1.42. The number of carbonyl (C=O) groups is 3. The molecule has 1 heterocycles. The number of Topliss-reactive ketones (excluding diaryl/α,β-unsaturated/α-hetero) is 1. The van der Waals surface area contributed by atoms with E-state index in [4.69, 9.17) is 10.8 Å². The number of aldehydes is 1. The Morgan fingerprint density at radius 1 is 1.50 bits per heavy atom. The van der Waals surface area contributed by atoms with Gasteiger partial charge >= 0.3 is 5.97 Å². The zero-order valence-electron chi connectivity index (χ0n) is 8.24. The van der Waals surface area contributed by atoms with Crippen LogP contribution in [0.2, 0.25) is 0 Å². The summed E-state index contributed by atoms with van der Waals surface area (Å²) in [5.41, 5.74) is 5.40. The van der Waals surface area contributed by atoms with Crippen LogP contribution in [0.25, 0.3) is 0 Å². The van der Waals surface area contributed by atoms with Crippen LogP contribution in [0, 0.1) is 5.92 Å². The zero-order chi connectivity index (χ0) is 12.1. The fourth-order valence-corrected chi connectivity index (χ4v) is 1.16. The third-order valence-corrected chi connectivity index (χ3v) is 2.07. The molecule has 2 atom stereocenters. The van der Waals surface area contributed by atoms with Crippen molar-refractivity contribution in [1.82, 2.24) is 4.98 Å². The molecule has 0 aromatic carbocycles. The molecule has 6 nitrogen and oxygen atoms in total. The van der Waals surface area contributed by atoms with E-state index in [0.717, 1.165) is 0 Å². The molecular weight excluding hydrogens is 212 g/mol. The van der Waals surface area contributed by atoms with Gasteiger partial charge < -0.3 is 15.6 Å². The summed E-state index contributed by atoms with van der Waals surface area (Å²) in [5, 5.41) is 8.63. The van der Waals surface area contributed by atoms with Crippen molar-refractivity contribution in [1.29, 1.82) is 0 Å². The van der Waals surface area contributed by atoms with Gasteiger partial charge in [0.05, 0.1) is 0 Å². The van der Waals surface area contributed by atoms with Gasteiger partial charge in [-0.3, -0.25) is 14.6 Å². The molecule has 16 heavy (non-hydrogen) atoms. The molecule has 1 rings (SSSR count). The minimum absolute atomic E-state index is 0.163. The van der Waals surface area contributed by atoms with Gasteiger partial charge in [-0.05, 0) is 12.1 Å². The molecule has 0 fully saturated rings. The van der Waals surface area contributed by atoms with Crippen molar-refractivity contribution >= 4 is 18.0 Å². The molecule has 6 heteroatoms. The maximum atomic E-state index is 11.7. The highest BCUT2D eigenvalue weighted by molar-refractivity contribution is 6.08. The van der Waals surface area contributed by atoms with Crippen LogP contribution < -0.4 is 5.73 Å². The first kappa shape index (κ1) is 12.0. The number of ketones is 1. The highest BCUT2D eigenvalue weighted by Crippen LogP contribution is 2.09. The first-order valence-electron chi connectivity index (χ1n) is 4.46. The lowest BCUT2D eigenvalue weighted by Crippen LogP contribution is -2.42. The normalized spacial score (nSPS) is 13.8. The molecule has 0 radical (unpaired) electrons. The predicted molar refractivity (Wildman–Crippen MR) is 53.7 cm³/mol. The van der Waals surface area contributed by atoms with E-state index in [9.17, 15) is 14.4 Å². The lowest BCUT2D eigenvalue weighted by Gasteiger charge is -2.12. The number of aliphatic carboxylic acids is 1. The highest BCUT2D eigenvalue weighted by atomic mass is 16.4. The summed E-state index contributed by atoms with van der Waals surface area (Å²) in [6.07, 6.45) is 2.96. The molecule has 0 spiro atoms. The Labute approximate surface area is 91.1 Å². The van der Waals surface area contributed by atoms with Crippen LogP contribution in [0.15, 0.2) is 24.5 Å². The lowest BCUT2D eigenvalue weighted by atomic mass is 9.93. The van der Waals surface area contributed by atoms with Gasteiger partial charge in [0.25, 0.3) is 0 Å². The van der Waals surface area contributed by atoms with Crippen molar-refractivity contribution in [2.45, 2.75) is 6.04 Å². The second-order valence-electron chi connectivity index (χ2n) is 3.13. The molecule has 0 saturated carbocycles. The average Bonchev–Trinajstić information content (AvgIpc) is 2.30. The Kier molecular flexibility index (Phi) is 3.84. The van der Waals surface area contributed by atoms with E-state index >= 15 is 0 Å². The molecule has 3 N–H and O–H groups in total. The van der Waals surface area contributed by atoms with Crippen LogP contribution in [0.3, 0.4) is 0 Å². The summed E-state index contributed by atoms with van der Waals surface area (Å²) in [4.78, 5) is 36.7. The van der Waals surface area contributed by atoms with Gasteiger partial charge in [0.15, 0.2) is 5.78 Å². The molecule has 1 aromatic heterocycles. The molecule has 2 unspecified atom stereocenters. The van der Waals surface area contributed by atoms with Gasteiger partial charge in [-0.1, -0.05) is 0 Å². The molecular formula is C10H10N2O4. The van der Waals surface area contributed by atoms with E-state index in [0.29, 0.717) is 0 Å². The zero-order valence-corrected chi connectivity index (χ0v) is 8.24. The van der Waals surface area contributed by atoms with Gasteiger partial charge in [-0.15, -0.1) is 0 Å². The maximum absolute atomic E-state index is 11.7. The Balaban J connectivity index is 2.95. The monoisotopic (exact) mass is 222 g/mol. The number of nitrogens with two attached hydrogens (primary N) is 1. The Morgan fingerprint density at radius 3 is 2.62 bits per heavy atom. The van der Waals surface area contributed by atoms with Crippen molar-refractivity contribution < 1.29 is 19.5 Å². The molecule has 0 aliphatic heterocycles. The molecule has 0 bridgehead atoms. The van der Waals surface area contributed by atoms with E-state index < -0.39 is 23.7 Å². The van der Waals surface area contributed by atoms with Crippen molar-refractivity contribution in [3.05, 3.63) is 30.1 Å². The Bertz CT molecular complexity index is 405. The van der Waals surface area contributed by atoms with Gasteiger partial charge in [0.2, 0.25) is 0 Å². The number of rotatable bonds is 5. The summed E-state index contributed by atoms with van der Waals surface area (Å²) >= 11 is 0. The van der Waals surface area contributed by atoms with Gasteiger partial charge in [0.1, 0.15) is 18.2 Å². The first-order chi connectivity index (χ1) is 7.57. The second-order valence-corrected chi connectivity index (χ2v) is 3.13. The van der Waals surface area contributed by atoms with Crippen LogP contribution in [0.1, 0.15) is 10.4 Å². The number of aromatic nitrogens is 1. The summed E-state index contributed by atoms with van der Waals surface area (Å²) in [7, 11) is 0. The van der Waals surface area contributed by atoms with Crippen LogP contribution in [0.4, 0.5) is 0 Å². The molecule has 0 aliphatic carbocycles. The van der Waals surface area contributed by atoms with E-state index in [2.05, 4.69) is 4.98 Å². The molecule has 0 saturated heterocycles. The fraction of sp³-hybridized carbons (Fsp3) is 0.200. The van der Waals surface area contributed by atoms with Crippen LogP contribution in [-0.4, -0.2) is 34.2 Å². The average molecular weight is 222 g/mol. The van der Waals surface area contributed by atoms with Crippen LogP contribution in [0.5, 0.6) is 0 Å². The predicted octanol–water partition coefficient (Wildman–Crippen LogP) is -0.509. The molecule has 0 amide bonds. The SMILES string of the molecule is NC(C(=O)O)C(C=O)C(=O)c1cccnc1. The lowest BCUT2D eigenvalue weighted by molar-refractivity contribution is -0.140. The van der Waals surface area contributed by atoms with Crippen LogP contribution in [-0.2, 0) is 9.59 Å². The van der Waals surface area contributed by atoms with Crippen molar-refractivity contribution in [3.63, 3.8) is 0 Å². The fourth-order valence-electron chi connectivity index (χ4n) is 1.16. The van der Waals surface area contributed by atoms with E-state index in [1.54, 1.807) is 0 Å². The standard InChI is InChI=1S/C10H10N2O4/c11-8(10(15)16)7(5-13)9(14)6-2-1-3-12-4-6/h1-5,7-8H,11H2,(H,15,16). The molecule has 1 aromatic rings. The first-order valence-corrected chi connectivity index (χ1v) is 4.46. The topological polar surface area (TPSA) is 110 Å². The number of pyridine rings is 1. The second kappa shape index (κ2) is 5.13. The number of nitrogens with zero attached hydrogens (tertiary/aromatic N) is 1. The summed E-state index contributed by atoms with van der Waals surface area (Å²) in [6.45, 7) is 0. The quantitative estimate of drug-likeness (QED) is 0.394. The third kappa shape index (κ3) is 2.48. The molecule has 0 aliphatic rings. The summed E-state index contributed by atoms with van der Waals surface area (Å²) in [5.74, 6) is -3.42. The Morgan fingerprint density at radius 2 is 2.19 bits per heavy atom. The van der Waals surface area contributed by atoms with E-state index in [1.165, 1.54) is 24.5 Å². The highest BCUT2D eigenvalue weighted by Gasteiger charge is 2.31.